The Kier molecular flexibility index (Phi) is 6.62. The van der Waals surface area contributed by atoms with Crippen LogP contribution in [0.2, 0.25) is 0 Å². The van der Waals surface area contributed by atoms with E-state index in [1.807, 2.05) is 30.8 Å². The normalized spacial score (nSPS) is 15.8. The van der Waals surface area contributed by atoms with Crippen molar-refractivity contribution in [3.05, 3.63) is 0 Å². The maximum absolute atomic E-state index is 11.9. The van der Waals surface area contributed by atoms with Gasteiger partial charge >= 0.3 is 6.03 Å². The number of piperazine rings is 1. The number of urea groups is 1. The molecule has 1 aliphatic heterocycles. The van der Waals surface area contributed by atoms with Gasteiger partial charge in [0, 0.05) is 45.7 Å². The van der Waals surface area contributed by atoms with E-state index in [1.165, 1.54) is 0 Å². The number of hydrogen-bond acceptors (Lipinski definition) is 3. The van der Waals surface area contributed by atoms with Gasteiger partial charge in [0.15, 0.2) is 0 Å². The number of hydrogen-bond donors (Lipinski definition) is 1. The molecule has 3 amide bonds. The van der Waals surface area contributed by atoms with Crippen LogP contribution in [-0.4, -0.2) is 80.0 Å². The average molecular weight is 270 g/mol. The molecular weight excluding hydrogens is 244 g/mol. The molecule has 0 aliphatic carbocycles. The maximum Gasteiger partial charge on any atom is 0.317 e. The summed E-state index contributed by atoms with van der Waals surface area (Å²) >= 11 is 0. The van der Waals surface area contributed by atoms with Crippen molar-refractivity contribution in [2.24, 2.45) is 0 Å². The van der Waals surface area contributed by atoms with Crippen LogP contribution in [0, 0.1) is 0 Å². The minimum Gasteiger partial charge on any atom is -0.339 e. The van der Waals surface area contributed by atoms with Crippen LogP contribution >= 0.6 is 0 Å². The molecule has 1 aliphatic rings. The first-order chi connectivity index (χ1) is 9.04. The Bertz CT molecular complexity index is 299. The lowest BCUT2D eigenvalue weighted by atomic mass is 10.2. The standard InChI is InChI=1S/C13H26N4O2/c1-4-6-14-13(19)17-10-8-16(9-11-17)12(18)5-7-15(2)3/h4-11H2,1-3H3,(H,14,19). The molecule has 0 spiro atoms. The monoisotopic (exact) mass is 270 g/mol. The first-order valence-corrected chi connectivity index (χ1v) is 7.00. The molecule has 0 aromatic carbocycles. The van der Waals surface area contributed by atoms with Crippen molar-refractivity contribution < 1.29 is 9.59 Å². The molecule has 0 atom stereocenters. The van der Waals surface area contributed by atoms with Crippen molar-refractivity contribution in [1.82, 2.24) is 20.0 Å². The fourth-order valence-electron chi connectivity index (χ4n) is 1.98. The van der Waals surface area contributed by atoms with Gasteiger partial charge in [0.1, 0.15) is 0 Å². The van der Waals surface area contributed by atoms with E-state index in [0.717, 1.165) is 13.0 Å². The Morgan fingerprint density at radius 3 is 2.21 bits per heavy atom. The lowest BCUT2D eigenvalue weighted by Gasteiger charge is -2.35. The van der Waals surface area contributed by atoms with Gasteiger partial charge < -0.3 is 20.0 Å². The highest BCUT2D eigenvalue weighted by molar-refractivity contribution is 5.77. The molecular formula is C13H26N4O2. The maximum atomic E-state index is 11.9. The summed E-state index contributed by atoms with van der Waals surface area (Å²) in [6, 6.07) is -0.0118. The van der Waals surface area contributed by atoms with E-state index < -0.39 is 0 Å². The molecule has 0 aromatic heterocycles. The lowest BCUT2D eigenvalue weighted by molar-refractivity contribution is -0.132. The highest BCUT2D eigenvalue weighted by Gasteiger charge is 2.23. The molecule has 1 rings (SSSR count). The van der Waals surface area contributed by atoms with Gasteiger partial charge in [-0.25, -0.2) is 4.79 Å². The van der Waals surface area contributed by atoms with Gasteiger partial charge in [-0.1, -0.05) is 6.92 Å². The average Bonchev–Trinajstić information content (AvgIpc) is 2.42. The van der Waals surface area contributed by atoms with Crippen LogP contribution in [0.25, 0.3) is 0 Å². The largest absolute Gasteiger partial charge is 0.339 e. The summed E-state index contributed by atoms with van der Waals surface area (Å²) in [4.78, 5) is 29.3. The summed E-state index contributed by atoms with van der Waals surface area (Å²) < 4.78 is 0. The Morgan fingerprint density at radius 1 is 1.11 bits per heavy atom. The first kappa shape index (κ1) is 15.8. The van der Waals surface area contributed by atoms with Gasteiger partial charge in [0.05, 0.1) is 0 Å². The molecule has 1 saturated heterocycles. The van der Waals surface area contributed by atoms with E-state index >= 15 is 0 Å². The van der Waals surface area contributed by atoms with Crippen LogP contribution in [0.5, 0.6) is 0 Å². The summed E-state index contributed by atoms with van der Waals surface area (Å²) in [6.07, 6.45) is 1.49. The second-order valence-electron chi connectivity index (χ2n) is 5.15. The van der Waals surface area contributed by atoms with Crippen LogP contribution in [0.15, 0.2) is 0 Å². The van der Waals surface area contributed by atoms with Crippen LogP contribution < -0.4 is 5.32 Å². The molecule has 1 N–H and O–H groups in total. The second-order valence-corrected chi connectivity index (χ2v) is 5.15. The molecule has 0 aromatic rings. The zero-order valence-electron chi connectivity index (χ0n) is 12.3. The Labute approximate surface area is 115 Å². The van der Waals surface area contributed by atoms with E-state index in [0.29, 0.717) is 39.1 Å². The molecule has 0 unspecified atom stereocenters. The Morgan fingerprint density at radius 2 is 1.68 bits per heavy atom. The lowest BCUT2D eigenvalue weighted by Crippen LogP contribution is -2.53. The van der Waals surface area contributed by atoms with Crippen molar-refractivity contribution in [2.75, 3.05) is 53.4 Å². The fourth-order valence-corrected chi connectivity index (χ4v) is 1.98. The van der Waals surface area contributed by atoms with Crippen LogP contribution in [0.4, 0.5) is 4.79 Å². The van der Waals surface area contributed by atoms with E-state index in [-0.39, 0.29) is 11.9 Å². The predicted molar refractivity (Wildman–Crippen MR) is 75.0 cm³/mol. The number of amides is 3. The highest BCUT2D eigenvalue weighted by atomic mass is 16.2. The topological polar surface area (TPSA) is 55.9 Å². The number of nitrogens with one attached hydrogen (secondary N) is 1. The highest BCUT2D eigenvalue weighted by Crippen LogP contribution is 2.04. The number of rotatable bonds is 5. The van der Waals surface area contributed by atoms with Gasteiger partial charge in [-0.2, -0.15) is 0 Å². The summed E-state index contributed by atoms with van der Waals surface area (Å²) in [5.74, 6) is 0.183. The second kappa shape index (κ2) is 7.99. The molecule has 6 nitrogen and oxygen atoms in total. The zero-order chi connectivity index (χ0) is 14.3. The SMILES string of the molecule is CCCNC(=O)N1CCN(C(=O)CCN(C)C)CC1. The third-order valence-electron chi connectivity index (χ3n) is 3.22. The van der Waals surface area contributed by atoms with Crippen molar-refractivity contribution in [1.29, 1.82) is 0 Å². The van der Waals surface area contributed by atoms with E-state index in [9.17, 15) is 9.59 Å². The molecule has 0 bridgehead atoms. The van der Waals surface area contributed by atoms with E-state index in [4.69, 9.17) is 0 Å². The van der Waals surface area contributed by atoms with Crippen LogP contribution in [-0.2, 0) is 4.79 Å². The number of nitrogens with zero attached hydrogens (tertiary/aromatic N) is 3. The Balaban J connectivity index is 2.28. The van der Waals surface area contributed by atoms with Gasteiger partial charge in [-0.05, 0) is 20.5 Å². The van der Waals surface area contributed by atoms with Crippen molar-refractivity contribution in [3.8, 4) is 0 Å². The third kappa shape index (κ3) is 5.46. The molecule has 19 heavy (non-hydrogen) atoms. The molecule has 0 saturated carbocycles. The predicted octanol–water partition coefficient (Wildman–Crippen LogP) is 0.202. The summed E-state index contributed by atoms with van der Waals surface area (Å²) in [5.41, 5.74) is 0. The molecule has 0 radical (unpaired) electrons. The van der Waals surface area contributed by atoms with Gasteiger partial charge in [-0.15, -0.1) is 0 Å². The minimum atomic E-state index is -0.0118. The molecule has 1 fully saturated rings. The molecule has 6 heteroatoms. The van der Waals surface area contributed by atoms with Gasteiger partial charge in [0.25, 0.3) is 0 Å². The summed E-state index contributed by atoms with van der Waals surface area (Å²) in [7, 11) is 3.92. The minimum absolute atomic E-state index is 0.0118. The Hall–Kier alpha value is -1.30. The quantitative estimate of drug-likeness (QED) is 0.776. The van der Waals surface area contributed by atoms with E-state index in [2.05, 4.69) is 5.32 Å². The zero-order valence-corrected chi connectivity index (χ0v) is 12.3. The summed E-state index contributed by atoms with van der Waals surface area (Å²) in [5, 5.41) is 2.86. The number of carbonyl (C=O) groups is 2. The first-order valence-electron chi connectivity index (χ1n) is 7.00. The van der Waals surface area contributed by atoms with Gasteiger partial charge in [0.2, 0.25) is 5.91 Å². The molecule has 1 heterocycles. The van der Waals surface area contributed by atoms with Crippen molar-refractivity contribution in [3.63, 3.8) is 0 Å². The van der Waals surface area contributed by atoms with Crippen LogP contribution in [0.3, 0.4) is 0 Å². The van der Waals surface area contributed by atoms with Gasteiger partial charge in [-0.3, -0.25) is 4.79 Å². The molecule has 110 valence electrons. The van der Waals surface area contributed by atoms with Crippen molar-refractivity contribution >= 4 is 11.9 Å². The number of carbonyl (C=O) groups excluding carboxylic acids is 2. The summed E-state index contributed by atoms with van der Waals surface area (Å²) in [6.45, 7) is 6.06. The third-order valence-corrected chi connectivity index (χ3v) is 3.22. The van der Waals surface area contributed by atoms with E-state index in [1.54, 1.807) is 4.90 Å². The van der Waals surface area contributed by atoms with Crippen molar-refractivity contribution in [2.45, 2.75) is 19.8 Å². The smallest absolute Gasteiger partial charge is 0.317 e. The van der Waals surface area contributed by atoms with Crippen LogP contribution in [0.1, 0.15) is 19.8 Å². The fraction of sp³-hybridized carbons (Fsp3) is 0.846.